The van der Waals surface area contributed by atoms with Crippen molar-refractivity contribution in [1.82, 2.24) is 4.98 Å². The maximum absolute atomic E-state index is 11.4. The molecule has 2 unspecified atom stereocenters. The van der Waals surface area contributed by atoms with Crippen LogP contribution in [0.3, 0.4) is 0 Å². The molecule has 1 aliphatic rings. The van der Waals surface area contributed by atoms with E-state index < -0.39 is 15.9 Å². The summed E-state index contributed by atoms with van der Waals surface area (Å²) in [6.45, 7) is 1.66. The van der Waals surface area contributed by atoms with Gasteiger partial charge in [-0.25, -0.2) is 8.42 Å². The summed E-state index contributed by atoms with van der Waals surface area (Å²) >= 11 is 0. The van der Waals surface area contributed by atoms with E-state index >= 15 is 0 Å². The van der Waals surface area contributed by atoms with E-state index in [1.807, 2.05) is 18.0 Å². The average Bonchev–Trinajstić information content (AvgIpc) is 2.69. The first-order chi connectivity index (χ1) is 8.39. The molecular formula is C12H18N2O3S. The van der Waals surface area contributed by atoms with Gasteiger partial charge in [0.05, 0.1) is 35.2 Å². The van der Waals surface area contributed by atoms with Gasteiger partial charge in [-0.15, -0.1) is 0 Å². The SMILES string of the molecule is CC(O)c1ccc(N(C)C2CCS(=O)(=O)C2)cn1. The molecule has 1 saturated heterocycles. The molecule has 100 valence electrons. The molecule has 1 aromatic heterocycles. The number of sulfone groups is 1. The Balaban J connectivity index is 2.12. The molecule has 2 atom stereocenters. The zero-order valence-corrected chi connectivity index (χ0v) is 11.4. The van der Waals surface area contributed by atoms with Crippen molar-refractivity contribution in [3.63, 3.8) is 0 Å². The van der Waals surface area contributed by atoms with E-state index in [4.69, 9.17) is 0 Å². The Bertz CT molecular complexity index is 511. The second kappa shape index (κ2) is 4.85. The smallest absolute Gasteiger partial charge is 0.152 e. The Labute approximate surface area is 107 Å². The molecule has 1 aromatic rings. The first kappa shape index (κ1) is 13.3. The minimum atomic E-state index is -2.87. The van der Waals surface area contributed by atoms with E-state index in [9.17, 15) is 13.5 Å². The zero-order valence-electron chi connectivity index (χ0n) is 10.6. The van der Waals surface area contributed by atoms with Crippen LogP contribution in [0.15, 0.2) is 18.3 Å². The number of aromatic nitrogens is 1. The molecule has 2 heterocycles. The summed E-state index contributed by atoms with van der Waals surface area (Å²) in [6.07, 6.45) is 1.75. The minimum Gasteiger partial charge on any atom is -0.387 e. The monoisotopic (exact) mass is 270 g/mol. The summed E-state index contributed by atoms with van der Waals surface area (Å²) < 4.78 is 22.9. The molecule has 0 radical (unpaired) electrons. The third-order valence-corrected chi connectivity index (χ3v) is 5.11. The highest BCUT2D eigenvalue weighted by atomic mass is 32.2. The molecule has 0 saturated carbocycles. The van der Waals surface area contributed by atoms with Gasteiger partial charge < -0.3 is 10.0 Å². The van der Waals surface area contributed by atoms with Gasteiger partial charge in [0.1, 0.15) is 0 Å². The van der Waals surface area contributed by atoms with Crippen molar-refractivity contribution in [3.8, 4) is 0 Å². The minimum absolute atomic E-state index is 0.0224. The zero-order chi connectivity index (χ0) is 13.3. The van der Waals surface area contributed by atoms with Crippen molar-refractivity contribution in [2.45, 2.75) is 25.5 Å². The molecule has 1 aliphatic heterocycles. The highest BCUT2D eigenvalue weighted by Gasteiger charge is 2.30. The van der Waals surface area contributed by atoms with Crippen LogP contribution in [-0.4, -0.2) is 43.1 Å². The largest absolute Gasteiger partial charge is 0.387 e. The highest BCUT2D eigenvalue weighted by molar-refractivity contribution is 7.91. The number of hydrogen-bond acceptors (Lipinski definition) is 5. The summed E-state index contributed by atoms with van der Waals surface area (Å²) in [5.74, 6) is 0.475. The Morgan fingerprint density at radius 3 is 2.67 bits per heavy atom. The lowest BCUT2D eigenvalue weighted by Gasteiger charge is -2.25. The molecule has 0 amide bonds. The van der Waals surface area contributed by atoms with E-state index in [1.165, 1.54) is 0 Å². The van der Waals surface area contributed by atoms with Crippen LogP contribution >= 0.6 is 0 Å². The van der Waals surface area contributed by atoms with E-state index in [0.717, 1.165) is 5.69 Å². The normalized spacial score (nSPS) is 23.8. The fourth-order valence-corrected chi connectivity index (χ4v) is 3.92. The van der Waals surface area contributed by atoms with E-state index in [0.29, 0.717) is 12.1 Å². The summed E-state index contributed by atoms with van der Waals surface area (Å²) in [5, 5.41) is 9.38. The van der Waals surface area contributed by atoms with Crippen LogP contribution in [0.5, 0.6) is 0 Å². The van der Waals surface area contributed by atoms with Crippen LogP contribution in [0.25, 0.3) is 0 Å². The molecule has 0 bridgehead atoms. The van der Waals surface area contributed by atoms with Crippen molar-refractivity contribution in [3.05, 3.63) is 24.0 Å². The van der Waals surface area contributed by atoms with Crippen molar-refractivity contribution in [1.29, 1.82) is 0 Å². The fraction of sp³-hybridized carbons (Fsp3) is 0.583. The second-order valence-corrected chi connectivity index (χ2v) is 7.01. The van der Waals surface area contributed by atoms with Crippen LogP contribution in [0.2, 0.25) is 0 Å². The number of aliphatic hydroxyl groups excluding tert-OH is 1. The Kier molecular flexibility index (Phi) is 3.59. The highest BCUT2D eigenvalue weighted by Crippen LogP contribution is 2.23. The average molecular weight is 270 g/mol. The molecule has 18 heavy (non-hydrogen) atoms. The van der Waals surface area contributed by atoms with Crippen LogP contribution in [0.1, 0.15) is 25.1 Å². The first-order valence-corrected chi connectivity index (χ1v) is 7.78. The van der Waals surface area contributed by atoms with Gasteiger partial charge in [0.15, 0.2) is 9.84 Å². The standard InChI is InChI=1S/C12H18N2O3S/c1-9(15)12-4-3-10(7-13-12)14(2)11-5-6-18(16,17)8-11/h3-4,7,9,11,15H,5-6,8H2,1-2H3. The summed E-state index contributed by atoms with van der Waals surface area (Å²) in [5.41, 5.74) is 1.49. The first-order valence-electron chi connectivity index (χ1n) is 5.96. The Morgan fingerprint density at radius 1 is 1.50 bits per heavy atom. The van der Waals surface area contributed by atoms with Crippen LogP contribution < -0.4 is 4.90 Å². The lowest BCUT2D eigenvalue weighted by molar-refractivity contribution is 0.194. The quantitative estimate of drug-likeness (QED) is 0.878. The maximum Gasteiger partial charge on any atom is 0.152 e. The lowest BCUT2D eigenvalue weighted by Crippen LogP contribution is -2.32. The number of hydrogen-bond donors (Lipinski definition) is 1. The molecule has 5 nitrogen and oxygen atoms in total. The predicted molar refractivity (Wildman–Crippen MR) is 70.3 cm³/mol. The number of anilines is 1. The van der Waals surface area contributed by atoms with Gasteiger partial charge in [-0.3, -0.25) is 4.98 Å². The Hall–Kier alpha value is -1.14. The molecule has 6 heteroatoms. The molecular weight excluding hydrogens is 252 g/mol. The topological polar surface area (TPSA) is 70.5 Å². The van der Waals surface area contributed by atoms with E-state index in [-0.39, 0.29) is 17.5 Å². The molecule has 1 N–H and O–H groups in total. The number of rotatable bonds is 3. The third-order valence-electron chi connectivity index (χ3n) is 3.36. The van der Waals surface area contributed by atoms with Crippen LogP contribution in [-0.2, 0) is 9.84 Å². The number of aliphatic hydroxyl groups is 1. The molecule has 0 aliphatic carbocycles. The van der Waals surface area contributed by atoms with Gasteiger partial charge in [0.25, 0.3) is 0 Å². The molecule has 2 rings (SSSR count). The van der Waals surface area contributed by atoms with Gasteiger partial charge in [0, 0.05) is 13.1 Å². The van der Waals surface area contributed by atoms with Crippen molar-refractivity contribution >= 4 is 15.5 Å². The lowest BCUT2D eigenvalue weighted by atomic mass is 10.2. The molecule has 1 fully saturated rings. The van der Waals surface area contributed by atoms with Crippen molar-refractivity contribution in [2.24, 2.45) is 0 Å². The summed E-state index contributed by atoms with van der Waals surface area (Å²) in [7, 11) is -0.993. The van der Waals surface area contributed by atoms with Crippen LogP contribution in [0, 0.1) is 0 Å². The van der Waals surface area contributed by atoms with Crippen LogP contribution in [0.4, 0.5) is 5.69 Å². The predicted octanol–water partition coefficient (Wildman–Crippen LogP) is 0.758. The van der Waals surface area contributed by atoms with Gasteiger partial charge in [-0.1, -0.05) is 0 Å². The third kappa shape index (κ3) is 2.81. The fourth-order valence-electron chi connectivity index (χ4n) is 2.14. The summed E-state index contributed by atoms with van der Waals surface area (Å²) in [6, 6.07) is 3.65. The van der Waals surface area contributed by atoms with Crippen molar-refractivity contribution < 1.29 is 13.5 Å². The van der Waals surface area contributed by atoms with E-state index in [1.54, 1.807) is 19.2 Å². The number of pyridine rings is 1. The van der Waals surface area contributed by atoms with E-state index in [2.05, 4.69) is 4.98 Å². The molecule has 0 spiro atoms. The Morgan fingerprint density at radius 2 is 2.22 bits per heavy atom. The van der Waals surface area contributed by atoms with Gasteiger partial charge in [-0.2, -0.15) is 0 Å². The van der Waals surface area contributed by atoms with Gasteiger partial charge in [-0.05, 0) is 25.5 Å². The van der Waals surface area contributed by atoms with Gasteiger partial charge >= 0.3 is 0 Å². The maximum atomic E-state index is 11.4. The molecule has 0 aromatic carbocycles. The number of nitrogens with zero attached hydrogens (tertiary/aromatic N) is 2. The van der Waals surface area contributed by atoms with Crippen molar-refractivity contribution in [2.75, 3.05) is 23.5 Å². The second-order valence-electron chi connectivity index (χ2n) is 4.79. The summed E-state index contributed by atoms with van der Waals surface area (Å²) in [4.78, 5) is 6.11. The van der Waals surface area contributed by atoms with Gasteiger partial charge in [0.2, 0.25) is 0 Å².